The molecule has 0 atom stereocenters. The van der Waals surface area contributed by atoms with Crippen molar-refractivity contribution in [2.24, 2.45) is 0 Å². The predicted molar refractivity (Wildman–Crippen MR) is 85.2 cm³/mol. The van der Waals surface area contributed by atoms with E-state index in [9.17, 15) is 13.2 Å². The molecule has 0 aliphatic heterocycles. The van der Waals surface area contributed by atoms with Gasteiger partial charge in [-0.05, 0) is 25.1 Å². The maximum absolute atomic E-state index is 12.2. The molecule has 3 aromatic rings. The summed E-state index contributed by atoms with van der Waals surface area (Å²) in [5, 5.41) is 0.809. The lowest BCUT2D eigenvalue weighted by atomic mass is 10.1. The number of carbonyl (C=O) groups excluding carboxylic acids is 1. The minimum atomic E-state index is -3.83. The summed E-state index contributed by atoms with van der Waals surface area (Å²) in [7, 11) is -3.83. The van der Waals surface area contributed by atoms with Crippen LogP contribution in [0.4, 0.5) is 0 Å². The molecule has 0 bridgehead atoms. The second-order valence-electron chi connectivity index (χ2n) is 4.93. The minimum Gasteiger partial charge on any atom is -0.451 e. The Balaban J connectivity index is 1.80. The van der Waals surface area contributed by atoms with Crippen LogP contribution in [0.5, 0.6) is 0 Å². The van der Waals surface area contributed by atoms with E-state index in [1.165, 1.54) is 12.1 Å². The van der Waals surface area contributed by atoms with Crippen molar-refractivity contribution in [2.45, 2.75) is 11.8 Å². The Kier molecular flexibility index (Phi) is 3.89. The smallest absolute Gasteiger partial charge is 0.302 e. The van der Waals surface area contributed by atoms with Crippen molar-refractivity contribution in [3.63, 3.8) is 0 Å². The number of hydrazine groups is 1. The van der Waals surface area contributed by atoms with Crippen molar-refractivity contribution in [1.82, 2.24) is 10.3 Å². The summed E-state index contributed by atoms with van der Waals surface area (Å²) < 4.78 is 29.6. The van der Waals surface area contributed by atoms with Crippen molar-refractivity contribution < 1.29 is 17.6 Å². The van der Waals surface area contributed by atoms with Gasteiger partial charge in [0.05, 0.1) is 4.90 Å². The van der Waals surface area contributed by atoms with Crippen LogP contribution in [0.3, 0.4) is 0 Å². The van der Waals surface area contributed by atoms with E-state index in [4.69, 9.17) is 4.42 Å². The van der Waals surface area contributed by atoms with Gasteiger partial charge < -0.3 is 4.42 Å². The number of furan rings is 1. The molecule has 0 spiro atoms. The standard InChI is InChI=1S/C16H14N2O4S/c1-11-13-9-5-6-10-14(13)22-15(11)16(19)17-18-23(20,21)12-7-3-2-4-8-12/h2-10,18H,1H3,(H,17,19). The molecule has 118 valence electrons. The van der Waals surface area contributed by atoms with E-state index >= 15 is 0 Å². The van der Waals surface area contributed by atoms with E-state index < -0.39 is 15.9 Å². The molecule has 2 N–H and O–H groups in total. The average Bonchev–Trinajstić information content (AvgIpc) is 2.91. The van der Waals surface area contributed by atoms with Crippen LogP contribution >= 0.6 is 0 Å². The third-order valence-corrected chi connectivity index (χ3v) is 4.67. The fourth-order valence-electron chi connectivity index (χ4n) is 2.22. The minimum absolute atomic E-state index is 0.0571. The number of aryl methyl sites for hydroxylation is 1. The zero-order chi connectivity index (χ0) is 16.4. The highest BCUT2D eigenvalue weighted by Crippen LogP contribution is 2.24. The Morgan fingerprint density at radius 1 is 1.00 bits per heavy atom. The monoisotopic (exact) mass is 330 g/mol. The number of rotatable bonds is 4. The highest BCUT2D eigenvalue weighted by Gasteiger charge is 2.20. The Labute approximate surface area is 133 Å². The first-order valence-electron chi connectivity index (χ1n) is 6.84. The maximum Gasteiger partial charge on any atom is 0.302 e. The van der Waals surface area contributed by atoms with E-state index in [-0.39, 0.29) is 10.7 Å². The van der Waals surface area contributed by atoms with Crippen LogP contribution < -0.4 is 10.3 Å². The van der Waals surface area contributed by atoms with Crippen LogP contribution in [0.25, 0.3) is 11.0 Å². The molecule has 0 aliphatic carbocycles. The summed E-state index contributed by atoms with van der Waals surface area (Å²) in [5.74, 6) is -0.583. The Hall–Kier alpha value is -2.64. The summed E-state index contributed by atoms with van der Waals surface area (Å²) >= 11 is 0. The number of nitrogens with one attached hydrogen (secondary N) is 2. The number of sulfonamides is 1. The number of carbonyl (C=O) groups is 1. The molecular weight excluding hydrogens is 316 g/mol. The molecule has 1 aromatic heterocycles. The van der Waals surface area contributed by atoms with Crippen molar-refractivity contribution in [3.05, 3.63) is 65.9 Å². The lowest BCUT2D eigenvalue weighted by molar-refractivity contribution is 0.0918. The first kappa shape index (κ1) is 15.3. The van der Waals surface area contributed by atoms with Crippen LogP contribution in [0.2, 0.25) is 0 Å². The molecule has 0 aliphatic rings. The van der Waals surface area contributed by atoms with Crippen LogP contribution in [0, 0.1) is 6.92 Å². The molecule has 1 amide bonds. The van der Waals surface area contributed by atoms with Gasteiger partial charge in [-0.15, -0.1) is 4.83 Å². The van der Waals surface area contributed by atoms with E-state index in [0.717, 1.165) is 5.39 Å². The molecule has 0 saturated carbocycles. The Morgan fingerprint density at radius 3 is 2.35 bits per heavy atom. The van der Waals surface area contributed by atoms with Gasteiger partial charge in [-0.25, -0.2) is 8.42 Å². The zero-order valence-electron chi connectivity index (χ0n) is 12.2. The molecule has 0 fully saturated rings. The van der Waals surface area contributed by atoms with Crippen molar-refractivity contribution >= 4 is 26.9 Å². The summed E-state index contributed by atoms with van der Waals surface area (Å²) in [6.45, 7) is 1.74. The van der Waals surface area contributed by atoms with E-state index in [1.807, 2.05) is 12.1 Å². The van der Waals surface area contributed by atoms with Crippen molar-refractivity contribution in [2.75, 3.05) is 0 Å². The van der Waals surface area contributed by atoms with E-state index in [0.29, 0.717) is 11.1 Å². The topological polar surface area (TPSA) is 88.4 Å². The average molecular weight is 330 g/mol. The van der Waals surface area contributed by atoms with Gasteiger partial charge in [0, 0.05) is 10.9 Å². The van der Waals surface area contributed by atoms with Crippen LogP contribution in [-0.2, 0) is 10.0 Å². The summed E-state index contributed by atoms with van der Waals surface area (Å²) in [6.07, 6.45) is 0. The highest BCUT2D eigenvalue weighted by molar-refractivity contribution is 7.89. The number of amides is 1. The fourth-order valence-corrected chi connectivity index (χ4v) is 3.08. The second-order valence-corrected chi connectivity index (χ2v) is 6.61. The molecule has 0 unspecified atom stereocenters. The van der Waals surface area contributed by atoms with E-state index in [2.05, 4.69) is 10.3 Å². The van der Waals surface area contributed by atoms with Gasteiger partial charge in [-0.3, -0.25) is 10.2 Å². The first-order valence-corrected chi connectivity index (χ1v) is 8.33. The highest BCUT2D eigenvalue weighted by atomic mass is 32.2. The fraction of sp³-hybridized carbons (Fsp3) is 0.0625. The van der Waals surface area contributed by atoms with Gasteiger partial charge in [0.1, 0.15) is 5.58 Å². The third-order valence-electron chi connectivity index (χ3n) is 3.40. The maximum atomic E-state index is 12.2. The summed E-state index contributed by atoms with van der Waals surface area (Å²) in [4.78, 5) is 14.3. The molecule has 23 heavy (non-hydrogen) atoms. The number of benzene rings is 2. The Bertz CT molecular complexity index is 962. The predicted octanol–water partition coefficient (Wildman–Crippen LogP) is 2.36. The van der Waals surface area contributed by atoms with Crippen molar-refractivity contribution in [1.29, 1.82) is 0 Å². The van der Waals surface area contributed by atoms with Crippen LogP contribution in [0.1, 0.15) is 16.1 Å². The molecule has 6 nitrogen and oxygen atoms in total. The second kappa shape index (κ2) is 5.86. The van der Waals surface area contributed by atoms with Crippen LogP contribution in [0.15, 0.2) is 63.9 Å². The number of fused-ring (bicyclic) bond motifs is 1. The molecule has 0 radical (unpaired) electrons. The number of para-hydroxylation sites is 1. The number of hydrogen-bond donors (Lipinski definition) is 2. The van der Waals surface area contributed by atoms with E-state index in [1.54, 1.807) is 37.3 Å². The van der Waals surface area contributed by atoms with Gasteiger partial charge in [0.25, 0.3) is 10.0 Å². The number of hydrogen-bond acceptors (Lipinski definition) is 4. The quantitative estimate of drug-likeness (QED) is 0.719. The zero-order valence-corrected chi connectivity index (χ0v) is 13.1. The Morgan fingerprint density at radius 2 is 1.65 bits per heavy atom. The van der Waals surface area contributed by atoms with Crippen molar-refractivity contribution in [3.8, 4) is 0 Å². The van der Waals surface area contributed by atoms with Gasteiger partial charge in [0.15, 0.2) is 5.76 Å². The normalized spacial score (nSPS) is 11.5. The van der Waals surface area contributed by atoms with Crippen LogP contribution in [-0.4, -0.2) is 14.3 Å². The van der Waals surface area contributed by atoms with Gasteiger partial charge in [-0.2, -0.15) is 0 Å². The summed E-state index contributed by atoms with van der Waals surface area (Å²) in [5.41, 5.74) is 3.39. The molecule has 3 rings (SSSR count). The lowest BCUT2D eigenvalue weighted by Crippen LogP contribution is -2.41. The first-order chi connectivity index (χ1) is 11.0. The third kappa shape index (κ3) is 2.96. The van der Waals surface area contributed by atoms with Gasteiger partial charge in [0.2, 0.25) is 0 Å². The largest absolute Gasteiger partial charge is 0.451 e. The molecular formula is C16H14N2O4S. The lowest BCUT2D eigenvalue weighted by Gasteiger charge is -2.07. The van der Waals surface area contributed by atoms with Gasteiger partial charge in [-0.1, -0.05) is 36.4 Å². The van der Waals surface area contributed by atoms with Gasteiger partial charge >= 0.3 is 5.91 Å². The summed E-state index contributed by atoms with van der Waals surface area (Å²) in [6, 6.07) is 15.0. The molecule has 2 aromatic carbocycles. The molecule has 7 heteroatoms. The SMILES string of the molecule is Cc1c(C(=O)NNS(=O)(=O)c2ccccc2)oc2ccccc12. The molecule has 1 heterocycles. The molecule has 0 saturated heterocycles.